The minimum atomic E-state index is -0.342. The zero-order valence-corrected chi connectivity index (χ0v) is 9.81. The van der Waals surface area contributed by atoms with Crippen LogP contribution in [0.25, 0.3) is 0 Å². The highest BCUT2D eigenvalue weighted by Gasteiger charge is 2.24. The van der Waals surface area contributed by atoms with E-state index in [1.807, 2.05) is 24.3 Å². The number of anilines is 1. The molecule has 1 aliphatic heterocycles. The number of amides is 1. The third kappa shape index (κ3) is 2.46. The summed E-state index contributed by atoms with van der Waals surface area (Å²) in [5, 5.41) is 0. The van der Waals surface area contributed by atoms with Crippen molar-refractivity contribution in [2.75, 3.05) is 18.6 Å². The molecular weight excluding hydrogens is 218 g/mol. The van der Waals surface area contributed by atoms with Crippen LogP contribution in [-0.4, -0.2) is 25.5 Å². The largest absolute Gasteiger partial charge is 0.469 e. The van der Waals surface area contributed by atoms with Crippen LogP contribution in [0, 0.1) is 0 Å². The molecule has 1 heterocycles. The van der Waals surface area contributed by atoms with Crippen LogP contribution < -0.4 is 4.90 Å². The molecule has 0 saturated heterocycles. The van der Waals surface area contributed by atoms with Crippen molar-refractivity contribution in [1.29, 1.82) is 0 Å². The van der Waals surface area contributed by atoms with Crippen LogP contribution in [0.15, 0.2) is 24.3 Å². The highest BCUT2D eigenvalue weighted by Crippen LogP contribution is 2.27. The summed E-state index contributed by atoms with van der Waals surface area (Å²) in [4.78, 5) is 24.7. The summed E-state index contributed by atoms with van der Waals surface area (Å²) in [5.74, 6) is -0.355. The predicted molar refractivity (Wildman–Crippen MR) is 63.7 cm³/mol. The summed E-state index contributed by atoms with van der Waals surface area (Å²) in [6.45, 7) is 0.708. The number of benzene rings is 1. The number of nitrogens with zero attached hydrogens (tertiary/aromatic N) is 1. The number of esters is 1. The molecule has 0 spiro atoms. The summed E-state index contributed by atoms with van der Waals surface area (Å²) in [7, 11) is 1.33. The van der Waals surface area contributed by atoms with Crippen LogP contribution in [0.1, 0.15) is 18.4 Å². The van der Waals surface area contributed by atoms with Gasteiger partial charge in [0, 0.05) is 18.7 Å². The minimum Gasteiger partial charge on any atom is -0.469 e. The number of carbonyl (C=O) groups excluding carboxylic acids is 2. The smallest absolute Gasteiger partial charge is 0.306 e. The molecule has 0 unspecified atom stereocenters. The fourth-order valence-corrected chi connectivity index (χ4v) is 2.04. The number of carbonyl (C=O) groups is 2. The molecule has 17 heavy (non-hydrogen) atoms. The summed E-state index contributed by atoms with van der Waals surface area (Å²) < 4.78 is 4.52. The molecule has 1 aliphatic rings. The molecule has 0 radical (unpaired) electrons. The Hall–Kier alpha value is -1.84. The topological polar surface area (TPSA) is 46.6 Å². The first-order valence-electron chi connectivity index (χ1n) is 5.67. The van der Waals surface area contributed by atoms with Crippen molar-refractivity contribution in [3.8, 4) is 0 Å². The lowest BCUT2D eigenvalue weighted by Crippen LogP contribution is -2.29. The van der Waals surface area contributed by atoms with Gasteiger partial charge in [-0.1, -0.05) is 18.2 Å². The van der Waals surface area contributed by atoms with Gasteiger partial charge in [0.25, 0.3) is 0 Å². The monoisotopic (exact) mass is 233 g/mol. The van der Waals surface area contributed by atoms with E-state index in [4.69, 9.17) is 0 Å². The van der Waals surface area contributed by atoms with E-state index in [9.17, 15) is 9.59 Å². The first-order chi connectivity index (χ1) is 8.22. The third-order valence-corrected chi connectivity index (χ3v) is 2.96. The number of hydrogen-bond donors (Lipinski definition) is 0. The number of methoxy groups -OCH3 is 1. The molecule has 90 valence electrons. The summed E-state index contributed by atoms with van der Waals surface area (Å²) in [5.41, 5.74) is 2.17. The molecule has 0 aromatic heterocycles. The molecule has 4 heteroatoms. The summed E-state index contributed by atoms with van der Waals surface area (Å²) in [6, 6.07) is 7.87. The highest BCUT2D eigenvalue weighted by atomic mass is 16.5. The SMILES string of the molecule is COC(=O)CCC(=O)N1CCc2ccccc21. The first kappa shape index (κ1) is 11.6. The molecule has 0 saturated carbocycles. The predicted octanol–water partition coefficient (Wildman–Crippen LogP) is 1.53. The van der Waals surface area contributed by atoms with Gasteiger partial charge < -0.3 is 9.64 Å². The van der Waals surface area contributed by atoms with Crippen LogP contribution in [0.5, 0.6) is 0 Å². The van der Waals surface area contributed by atoms with Crippen molar-refractivity contribution >= 4 is 17.6 Å². The maximum absolute atomic E-state index is 11.9. The van der Waals surface area contributed by atoms with E-state index in [2.05, 4.69) is 4.74 Å². The lowest BCUT2D eigenvalue weighted by Gasteiger charge is -2.16. The van der Waals surface area contributed by atoms with Crippen molar-refractivity contribution in [1.82, 2.24) is 0 Å². The molecule has 1 aromatic rings. The van der Waals surface area contributed by atoms with Crippen LogP contribution in [0.4, 0.5) is 5.69 Å². The average Bonchev–Trinajstić information content (AvgIpc) is 2.79. The second-order valence-corrected chi connectivity index (χ2v) is 4.00. The van der Waals surface area contributed by atoms with E-state index in [1.165, 1.54) is 12.7 Å². The van der Waals surface area contributed by atoms with E-state index in [0.29, 0.717) is 6.54 Å². The van der Waals surface area contributed by atoms with Gasteiger partial charge in [-0.2, -0.15) is 0 Å². The lowest BCUT2D eigenvalue weighted by molar-refractivity contribution is -0.141. The zero-order valence-electron chi connectivity index (χ0n) is 9.81. The molecule has 0 atom stereocenters. The maximum atomic E-state index is 11.9. The van der Waals surface area contributed by atoms with Gasteiger partial charge >= 0.3 is 5.97 Å². The van der Waals surface area contributed by atoms with Gasteiger partial charge in [-0.05, 0) is 18.1 Å². The van der Waals surface area contributed by atoms with Crippen LogP contribution in [-0.2, 0) is 20.7 Å². The Labute approximate surface area is 100 Å². The molecule has 0 bridgehead atoms. The summed E-state index contributed by atoms with van der Waals surface area (Å²) >= 11 is 0. The van der Waals surface area contributed by atoms with Crippen molar-refractivity contribution in [2.24, 2.45) is 0 Å². The van der Waals surface area contributed by atoms with Crippen LogP contribution in [0.2, 0.25) is 0 Å². The second-order valence-electron chi connectivity index (χ2n) is 4.00. The molecule has 0 N–H and O–H groups in total. The van der Waals surface area contributed by atoms with E-state index in [0.717, 1.165) is 12.1 Å². The van der Waals surface area contributed by atoms with Gasteiger partial charge in [-0.15, -0.1) is 0 Å². The fraction of sp³-hybridized carbons (Fsp3) is 0.385. The Kier molecular flexibility index (Phi) is 3.42. The molecule has 0 aliphatic carbocycles. The number of ether oxygens (including phenoxy) is 1. The highest BCUT2D eigenvalue weighted by molar-refractivity contribution is 5.96. The second kappa shape index (κ2) is 4.99. The molecule has 2 rings (SSSR count). The Morgan fingerprint density at radius 3 is 2.82 bits per heavy atom. The Morgan fingerprint density at radius 2 is 2.06 bits per heavy atom. The third-order valence-electron chi connectivity index (χ3n) is 2.96. The normalized spacial score (nSPS) is 13.4. The first-order valence-corrected chi connectivity index (χ1v) is 5.67. The van der Waals surface area contributed by atoms with E-state index < -0.39 is 0 Å². The molecule has 1 amide bonds. The van der Waals surface area contributed by atoms with Gasteiger partial charge in [0.15, 0.2) is 0 Å². The van der Waals surface area contributed by atoms with Gasteiger partial charge in [0.1, 0.15) is 0 Å². The number of fused-ring (bicyclic) bond motifs is 1. The molecular formula is C13H15NO3. The lowest BCUT2D eigenvalue weighted by atomic mass is 10.2. The van der Waals surface area contributed by atoms with E-state index >= 15 is 0 Å². The van der Waals surface area contributed by atoms with Gasteiger partial charge in [0.2, 0.25) is 5.91 Å². The molecule has 0 fully saturated rings. The quantitative estimate of drug-likeness (QED) is 0.744. The van der Waals surface area contributed by atoms with Gasteiger partial charge in [-0.25, -0.2) is 0 Å². The van der Waals surface area contributed by atoms with Crippen molar-refractivity contribution in [3.63, 3.8) is 0 Å². The van der Waals surface area contributed by atoms with Crippen LogP contribution in [0.3, 0.4) is 0 Å². The van der Waals surface area contributed by atoms with Gasteiger partial charge in [-0.3, -0.25) is 9.59 Å². The summed E-state index contributed by atoms with van der Waals surface area (Å²) in [6.07, 6.45) is 1.25. The van der Waals surface area contributed by atoms with Crippen LogP contribution >= 0.6 is 0 Å². The number of hydrogen-bond acceptors (Lipinski definition) is 3. The molecule has 4 nitrogen and oxygen atoms in total. The standard InChI is InChI=1S/C13H15NO3/c1-17-13(16)7-6-12(15)14-9-8-10-4-2-3-5-11(10)14/h2-5H,6-9H2,1H3. The number of rotatable bonds is 3. The Balaban J connectivity index is 2.00. The van der Waals surface area contributed by atoms with Crippen molar-refractivity contribution < 1.29 is 14.3 Å². The van der Waals surface area contributed by atoms with E-state index in [-0.39, 0.29) is 24.7 Å². The van der Waals surface area contributed by atoms with Crippen molar-refractivity contribution in [2.45, 2.75) is 19.3 Å². The number of para-hydroxylation sites is 1. The maximum Gasteiger partial charge on any atom is 0.306 e. The van der Waals surface area contributed by atoms with Crippen molar-refractivity contribution in [3.05, 3.63) is 29.8 Å². The fourth-order valence-electron chi connectivity index (χ4n) is 2.04. The Bertz CT molecular complexity index is 442. The zero-order chi connectivity index (χ0) is 12.3. The van der Waals surface area contributed by atoms with E-state index in [1.54, 1.807) is 4.90 Å². The molecule has 1 aromatic carbocycles. The minimum absolute atomic E-state index is 0.0136. The average molecular weight is 233 g/mol. The Morgan fingerprint density at radius 1 is 1.29 bits per heavy atom. The van der Waals surface area contributed by atoms with Gasteiger partial charge in [0.05, 0.1) is 13.5 Å².